The molecule has 0 aromatic carbocycles. The minimum atomic E-state index is 0.0632. The molecule has 1 aliphatic heterocycles. The molecule has 1 unspecified atom stereocenters. The number of pyridine rings is 1. The van der Waals surface area contributed by atoms with Gasteiger partial charge in [-0.2, -0.15) is 5.10 Å². The van der Waals surface area contributed by atoms with E-state index in [0.29, 0.717) is 11.6 Å². The summed E-state index contributed by atoms with van der Waals surface area (Å²) in [6.07, 6.45) is 5.65. The second kappa shape index (κ2) is 5.91. The lowest BCUT2D eigenvalue weighted by atomic mass is 10.1. The Hall–Kier alpha value is -2.17. The molecule has 0 aliphatic carbocycles. The van der Waals surface area contributed by atoms with Crippen LogP contribution in [0.1, 0.15) is 60.4 Å². The van der Waals surface area contributed by atoms with Gasteiger partial charge in [-0.25, -0.2) is 0 Å². The number of amides is 1. The molecule has 0 bridgehead atoms. The molecule has 0 spiro atoms. The lowest BCUT2D eigenvalue weighted by molar-refractivity contribution is 0.0724. The molecule has 0 N–H and O–H groups in total. The maximum Gasteiger partial charge on any atom is 0.272 e. The average Bonchev–Trinajstić information content (AvgIpc) is 3.14. The van der Waals surface area contributed by atoms with Crippen LogP contribution in [0.2, 0.25) is 0 Å². The smallest absolute Gasteiger partial charge is 0.272 e. The highest BCUT2D eigenvalue weighted by Crippen LogP contribution is 2.32. The van der Waals surface area contributed by atoms with Gasteiger partial charge in [0.25, 0.3) is 5.91 Å². The van der Waals surface area contributed by atoms with Crippen LogP contribution in [0, 0.1) is 0 Å². The summed E-state index contributed by atoms with van der Waals surface area (Å²) in [5, 5.41) is 4.46. The van der Waals surface area contributed by atoms with Gasteiger partial charge >= 0.3 is 0 Å². The highest BCUT2D eigenvalue weighted by atomic mass is 16.2. The number of aryl methyl sites for hydroxylation is 1. The molecule has 2 aromatic heterocycles. The van der Waals surface area contributed by atoms with Crippen LogP contribution in [0.15, 0.2) is 30.6 Å². The third-order valence-electron chi connectivity index (χ3n) is 4.29. The van der Waals surface area contributed by atoms with Crippen molar-refractivity contribution >= 4 is 5.91 Å². The number of nitrogens with zero attached hydrogens (tertiary/aromatic N) is 4. The van der Waals surface area contributed by atoms with Crippen LogP contribution in [0.5, 0.6) is 0 Å². The van der Waals surface area contributed by atoms with Crippen molar-refractivity contribution in [1.82, 2.24) is 19.7 Å². The standard InChI is InChI=1S/C17H22N4O/c1-12(2)14-10-16(20(3)19-14)17(22)21-9-5-7-15(21)13-6-4-8-18-11-13/h4,6,8,10-12,15H,5,7,9H2,1-3H3. The Kier molecular flexibility index (Phi) is 3.96. The van der Waals surface area contributed by atoms with E-state index >= 15 is 0 Å². The van der Waals surface area contributed by atoms with Gasteiger partial charge in [0.05, 0.1) is 11.7 Å². The lowest BCUT2D eigenvalue weighted by Gasteiger charge is -2.24. The van der Waals surface area contributed by atoms with Crippen molar-refractivity contribution in [3.05, 3.63) is 47.5 Å². The molecule has 116 valence electrons. The predicted molar refractivity (Wildman–Crippen MR) is 84.5 cm³/mol. The molecular formula is C17H22N4O. The number of hydrogen-bond acceptors (Lipinski definition) is 3. The minimum absolute atomic E-state index is 0.0632. The van der Waals surface area contributed by atoms with E-state index in [0.717, 1.165) is 30.6 Å². The molecule has 1 fully saturated rings. The van der Waals surface area contributed by atoms with E-state index in [1.165, 1.54) is 0 Å². The van der Waals surface area contributed by atoms with E-state index in [1.807, 2.05) is 36.3 Å². The van der Waals surface area contributed by atoms with Gasteiger partial charge < -0.3 is 4.90 Å². The normalized spacial score (nSPS) is 18.2. The average molecular weight is 298 g/mol. The van der Waals surface area contributed by atoms with Crippen molar-refractivity contribution in [2.45, 2.75) is 38.6 Å². The summed E-state index contributed by atoms with van der Waals surface area (Å²) in [6, 6.07) is 6.02. The zero-order valence-corrected chi connectivity index (χ0v) is 13.4. The maximum absolute atomic E-state index is 12.9. The largest absolute Gasteiger partial charge is 0.330 e. The molecule has 1 aliphatic rings. The van der Waals surface area contributed by atoms with E-state index < -0.39 is 0 Å². The molecule has 3 heterocycles. The van der Waals surface area contributed by atoms with Crippen LogP contribution in [-0.2, 0) is 7.05 Å². The second-order valence-electron chi connectivity index (χ2n) is 6.18. The summed E-state index contributed by atoms with van der Waals surface area (Å²) in [4.78, 5) is 19.1. The van der Waals surface area contributed by atoms with Gasteiger partial charge in [-0.3, -0.25) is 14.5 Å². The van der Waals surface area contributed by atoms with Crippen LogP contribution < -0.4 is 0 Å². The van der Waals surface area contributed by atoms with Gasteiger partial charge in [0.2, 0.25) is 0 Å². The number of hydrogen-bond donors (Lipinski definition) is 0. The van der Waals surface area contributed by atoms with Crippen LogP contribution in [-0.4, -0.2) is 32.1 Å². The van der Waals surface area contributed by atoms with Crippen molar-refractivity contribution in [3.63, 3.8) is 0 Å². The predicted octanol–water partition coefficient (Wildman–Crippen LogP) is 2.92. The number of rotatable bonds is 3. The molecular weight excluding hydrogens is 276 g/mol. The molecule has 0 saturated carbocycles. The molecule has 5 nitrogen and oxygen atoms in total. The van der Waals surface area contributed by atoms with Gasteiger partial charge in [0.1, 0.15) is 5.69 Å². The molecule has 0 radical (unpaired) electrons. The number of carbonyl (C=O) groups excluding carboxylic acids is 1. The van der Waals surface area contributed by atoms with Gasteiger partial charge in [-0.1, -0.05) is 19.9 Å². The Bertz CT molecular complexity index is 663. The first-order valence-corrected chi connectivity index (χ1v) is 7.82. The summed E-state index contributed by atoms with van der Waals surface area (Å²) >= 11 is 0. The summed E-state index contributed by atoms with van der Waals surface area (Å²) in [5.41, 5.74) is 2.74. The van der Waals surface area contributed by atoms with Crippen LogP contribution in [0.3, 0.4) is 0 Å². The lowest BCUT2D eigenvalue weighted by Crippen LogP contribution is -2.32. The highest BCUT2D eigenvalue weighted by Gasteiger charge is 2.32. The SMILES string of the molecule is CC(C)c1cc(C(=O)N2CCCC2c2cccnc2)n(C)n1. The summed E-state index contributed by atoms with van der Waals surface area (Å²) in [7, 11) is 1.84. The fourth-order valence-corrected chi connectivity index (χ4v) is 3.05. The first-order valence-electron chi connectivity index (χ1n) is 7.82. The van der Waals surface area contributed by atoms with Gasteiger partial charge in [0.15, 0.2) is 0 Å². The second-order valence-corrected chi connectivity index (χ2v) is 6.18. The molecule has 1 amide bonds. The quantitative estimate of drug-likeness (QED) is 0.875. The third kappa shape index (κ3) is 2.63. The van der Waals surface area contributed by atoms with Gasteiger partial charge in [0, 0.05) is 26.0 Å². The third-order valence-corrected chi connectivity index (χ3v) is 4.29. The van der Waals surface area contributed by atoms with Crippen LogP contribution in [0.25, 0.3) is 0 Å². The minimum Gasteiger partial charge on any atom is -0.330 e. The Morgan fingerprint density at radius 2 is 2.23 bits per heavy atom. The van der Waals surface area contributed by atoms with Gasteiger partial charge in [-0.15, -0.1) is 0 Å². The molecule has 22 heavy (non-hydrogen) atoms. The van der Waals surface area contributed by atoms with E-state index in [4.69, 9.17) is 0 Å². The Morgan fingerprint density at radius 3 is 2.86 bits per heavy atom. The van der Waals surface area contributed by atoms with Crippen molar-refractivity contribution in [3.8, 4) is 0 Å². The van der Waals surface area contributed by atoms with E-state index in [2.05, 4.69) is 23.9 Å². The number of aromatic nitrogens is 3. The molecule has 5 heteroatoms. The van der Waals surface area contributed by atoms with Gasteiger partial charge in [-0.05, 0) is 36.5 Å². The monoisotopic (exact) mass is 298 g/mol. The Balaban J connectivity index is 1.88. The van der Waals surface area contributed by atoms with E-state index in [9.17, 15) is 4.79 Å². The summed E-state index contributed by atoms with van der Waals surface area (Å²) in [6.45, 7) is 4.97. The first-order chi connectivity index (χ1) is 10.6. The zero-order chi connectivity index (χ0) is 15.7. The fourth-order valence-electron chi connectivity index (χ4n) is 3.05. The number of likely N-dealkylation sites (tertiary alicyclic amines) is 1. The van der Waals surface area contributed by atoms with Crippen molar-refractivity contribution in [2.75, 3.05) is 6.54 Å². The Labute approximate surface area is 131 Å². The van der Waals surface area contributed by atoms with Crippen molar-refractivity contribution in [2.24, 2.45) is 7.05 Å². The van der Waals surface area contributed by atoms with Crippen LogP contribution >= 0.6 is 0 Å². The number of carbonyl (C=O) groups is 1. The molecule has 1 atom stereocenters. The topological polar surface area (TPSA) is 51.0 Å². The molecule has 2 aromatic rings. The molecule has 1 saturated heterocycles. The first kappa shape index (κ1) is 14.8. The zero-order valence-electron chi connectivity index (χ0n) is 13.4. The maximum atomic E-state index is 12.9. The van der Waals surface area contributed by atoms with Crippen molar-refractivity contribution in [1.29, 1.82) is 0 Å². The van der Waals surface area contributed by atoms with Crippen molar-refractivity contribution < 1.29 is 4.79 Å². The molecule has 3 rings (SSSR count). The summed E-state index contributed by atoms with van der Waals surface area (Å²) in [5.74, 6) is 0.383. The van der Waals surface area contributed by atoms with E-state index in [1.54, 1.807) is 10.9 Å². The highest BCUT2D eigenvalue weighted by molar-refractivity contribution is 5.93. The Morgan fingerprint density at radius 1 is 1.41 bits per heavy atom. The van der Waals surface area contributed by atoms with Crippen LogP contribution in [0.4, 0.5) is 0 Å². The summed E-state index contributed by atoms with van der Waals surface area (Å²) < 4.78 is 1.70. The van der Waals surface area contributed by atoms with E-state index in [-0.39, 0.29) is 11.9 Å². The fraction of sp³-hybridized carbons (Fsp3) is 0.471.